The van der Waals surface area contributed by atoms with Crippen LogP contribution in [0.3, 0.4) is 0 Å². The zero-order valence-electron chi connectivity index (χ0n) is 13.4. The minimum atomic E-state index is -4.46. The number of fused-ring (bicyclic) bond motifs is 1. The fourth-order valence-electron chi connectivity index (χ4n) is 2.46. The molecule has 0 aliphatic rings. The van der Waals surface area contributed by atoms with Crippen molar-refractivity contribution < 1.29 is 17.8 Å². The molecule has 134 valence electrons. The monoisotopic (exact) mass is 481 g/mol. The number of amides is 1. The Labute approximate surface area is 164 Å². The fraction of sp³-hybridized carbons (Fsp3) is 0.0556. The second-order valence-electron chi connectivity index (χ2n) is 5.56. The number of hydrogen-bond acceptors (Lipinski definition) is 5. The van der Waals surface area contributed by atoms with Gasteiger partial charge in [-0.2, -0.15) is 0 Å². The maximum atomic E-state index is 11.4. The van der Waals surface area contributed by atoms with E-state index in [0.29, 0.717) is 9.81 Å². The molecule has 0 aromatic heterocycles. The number of hydrogen-bond donors (Lipinski definition) is 2. The van der Waals surface area contributed by atoms with Gasteiger partial charge in [0, 0.05) is 17.1 Å². The molecule has 0 radical (unpaired) electrons. The van der Waals surface area contributed by atoms with E-state index in [1.807, 2.05) is 40.8 Å². The van der Waals surface area contributed by atoms with E-state index in [9.17, 15) is 17.8 Å². The topological polar surface area (TPSA) is 98.3 Å². The molecule has 3 rings (SSSR count). The highest BCUT2D eigenvalue weighted by Gasteiger charge is 2.04. The van der Waals surface area contributed by atoms with E-state index in [-0.39, 0.29) is 10.8 Å². The molecule has 0 bridgehead atoms. The van der Waals surface area contributed by atoms with Crippen LogP contribution in [0.4, 0.5) is 17.1 Å². The van der Waals surface area contributed by atoms with Crippen molar-refractivity contribution in [3.63, 3.8) is 0 Å². The average molecular weight is 481 g/mol. The highest BCUT2D eigenvalue weighted by atomic mass is 127. The SMILES string of the molecule is O=C(CI)Nc1ccc(Nc2ccc3cc(S(=O)(=O)[O-])ccc3c2)cc1. The third-order valence-corrected chi connectivity index (χ3v) is 5.20. The quantitative estimate of drug-likeness (QED) is 0.328. The van der Waals surface area contributed by atoms with E-state index in [4.69, 9.17) is 0 Å². The first-order chi connectivity index (χ1) is 12.3. The van der Waals surface area contributed by atoms with Crippen molar-refractivity contribution in [3.8, 4) is 0 Å². The predicted octanol–water partition coefficient (Wildman–Crippen LogP) is 3.86. The fourth-order valence-corrected chi connectivity index (χ4v) is 3.15. The lowest BCUT2D eigenvalue weighted by atomic mass is 10.1. The first kappa shape index (κ1) is 18.6. The van der Waals surface area contributed by atoms with Gasteiger partial charge in [-0.1, -0.05) is 34.7 Å². The molecule has 2 N–H and O–H groups in total. The summed E-state index contributed by atoms with van der Waals surface area (Å²) in [7, 11) is -4.46. The van der Waals surface area contributed by atoms with Gasteiger partial charge in [0.2, 0.25) is 5.91 Å². The smallest absolute Gasteiger partial charge is 0.234 e. The molecule has 0 saturated heterocycles. The molecular formula is C18H14IN2O4S-. The van der Waals surface area contributed by atoms with Crippen LogP contribution >= 0.6 is 22.6 Å². The van der Waals surface area contributed by atoms with Gasteiger partial charge >= 0.3 is 0 Å². The molecule has 0 atom stereocenters. The Morgan fingerprint density at radius 3 is 2.12 bits per heavy atom. The molecule has 0 heterocycles. The maximum Gasteiger partial charge on any atom is 0.234 e. The Balaban J connectivity index is 1.79. The van der Waals surface area contributed by atoms with Gasteiger partial charge in [-0.15, -0.1) is 0 Å². The number of benzene rings is 3. The average Bonchev–Trinajstić information content (AvgIpc) is 2.62. The van der Waals surface area contributed by atoms with Crippen LogP contribution in [0.1, 0.15) is 0 Å². The first-order valence-corrected chi connectivity index (χ1v) is 10.5. The summed E-state index contributed by atoms with van der Waals surface area (Å²) in [5.74, 6) is -0.0553. The highest BCUT2D eigenvalue weighted by molar-refractivity contribution is 14.1. The lowest BCUT2D eigenvalue weighted by Crippen LogP contribution is -2.11. The van der Waals surface area contributed by atoms with Crippen molar-refractivity contribution in [3.05, 3.63) is 60.7 Å². The van der Waals surface area contributed by atoms with Gasteiger partial charge < -0.3 is 15.2 Å². The Hall–Kier alpha value is -2.17. The van der Waals surface area contributed by atoms with Gasteiger partial charge in [0.15, 0.2) is 0 Å². The minimum absolute atomic E-state index is 0.0553. The number of anilines is 3. The third kappa shape index (κ3) is 4.51. The second kappa shape index (κ2) is 7.60. The van der Waals surface area contributed by atoms with Crippen molar-refractivity contribution in [2.45, 2.75) is 4.90 Å². The molecule has 3 aromatic rings. The molecular weight excluding hydrogens is 467 g/mol. The molecule has 0 saturated carbocycles. The lowest BCUT2D eigenvalue weighted by molar-refractivity contribution is -0.113. The maximum absolute atomic E-state index is 11.4. The number of carbonyl (C=O) groups excluding carboxylic acids is 1. The third-order valence-electron chi connectivity index (χ3n) is 3.68. The largest absolute Gasteiger partial charge is 0.744 e. The van der Waals surface area contributed by atoms with Crippen molar-refractivity contribution in [1.82, 2.24) is 0 Å². The Bertz CT molecular complexity index is 1070. The summed E-state index contributed by atoms with van der Waals surface area (Å²) in [5, 5.41) is 7.50. The van der Waals surface area contributed by atoms with Crippen LogP contribution < -0.4 is 10.6 Å². The van der Waals surface area contributed by atoms with Gasteiger partial charge in [0.1, 0.15) is 10.1 Å². The zero-order valence-corrected chi connectivity index (χ0v) is 16.4. The zero-order chi connectivity index (χ0) is 18.7. The van der Waals surface area contributed by atoms with Crippen molar-refractivity contribution >= 4 is 66.5 Å². The normalized spacial score (nSPS) is 11.3. The van der Waals surface area contributed by atoms with E-state index in [1.54, 1.807) is 30.3 Å². The molecule has 6 nitrogen and oxygen atoms in total. The number of rotatable bonds is 5. The summed E-state index contributed by atoms with van der Waals surface area (Å²) in [5.41, 5.74) is 2.39. The molecule has 8 heteroatoms. The van der Waals surface area contributed by atoms with Crippen LogP contribution in [-0.4, -0.2) is 23.3 Å². The van der Waals surface area contributed by atoms with E-state index in [0.717, 1.165) is 22.4 Å². The molecule has 3 aromatic carbocycles. The molecule has 26 heavy (non-hydrogen) atoms. The van der Waals surface area contributed by atoms with Crippen LogP contribution in [0.2, 0.25) is 0 Å². The molecule has 0 aliphatic carbocycles. The van der Waals surface area contributed by atoms with E-state index < -0.39 is 10.1 Å². The lowest BCUT2D eigenvalue weighted by Gasteiger charge is -2.11. The van der Waals surface area contributed by atoms with Gasteiger partial charge in [0.25, 0.3) is 0 Å². The minimum Gasteiger partial charge on any atom is -0.744 e. The van der Waals surface area contributed by atoms with Crippen LogP contribution in [0.15, 0.2) is 65.6 Å². The number of halogens is 1. The molecule has 0 fully saturated rings. The summed E-state index contributed by atoms with van der Waals surface area (Å²) in [6.07, 6.45) is 0. The number of alkyl halides is 1. The van der Waals surface area contributed by atoms with Crippen molar-refractivity contribution in [2.24, 2.45) is 0 Å². The summed E-state index contributed by atoms with van der Waals surface area (Å²) >= 11 is 2.00. The Kier molecular flexibility index (Phi) is 5.44. The summed E-state index contributed by atoms with van der Waals surface area (Å²) in [6.45, 7) is 0. The number of nitrogens with one attached hydrogen (secondary N) is 2. The van der Waals surface area contributed by atoms with E-state index in [2.05, 4.69) is 10.6 Å². The van der Waals surface area contributed by atoms with Crippen molar-refractivity contribution in [1.29, 1.82) is 0 Å². The standard InChI is InChI=1S/C18H15IN2O4S/c19-11-18(22)21-15-6-4-14(5-7-15)20-16-3-1-13-10-17(26(23,24)25)8-2-12(13)9-16/h1-10,20H,11H2,(H,21,22)(H,23,24,25)/p-1. The highest BCUT2D eigenvalue weighted by Crippen LogP contribution is 2.25. The van der Waals surface area contributed by atoms with Crippen molar-refractivity contribution in [2.75, 3.05) is 15.1 Å². The van der Waals surface area contributed by atoms with Gasteiger partial charge in [-0.05, 0) is 59.3 Å². The van der Waals surface area contributed by atoms with Crippen LogP contribution in [0.25, 0.3) is 10.8 Å². The van der Waals surface area contributed by atoms with Crippen LogP contribution in [-0.2, 0) is 14.9 Å². The Morgan fingerprint density at radius 1 is 0.885 bits per heavy atom. The molecule has 0 aliphatic heterocycles. The second-order valence-corrected chi connectivity index (χ2v) is 7.70. The molecule has 0 spiro atoms. The predicted molar refractivity (Wildman–Crippen MR) is 109 cm³/mol. The van der Waals surface area contributed by atoms with Crippen LogP contribution in [0.5, 0.6) is 0 Å². The number of carbonyl (C=O) groups is 1. The summed E-state index contributed by atoms with van der Waals surface area (Å²) in [4.78, 5) is 11.1. The van der Waals surface area contributed by atoms with E-state index >= 15 is 0 Å². The van der Waals surface area contributed by atoms with E-state index in [1.165, 1.54) is 12.1 Å². The summed E-state index contributed by atoms with van der Waals surface area (Å²) < 4.78 is 33.7. The molecule has 0 unspecified atom stereocenters. The Morgan fingerprint density at radius 2 is 1.46 bits per heavy atom. The van der Waals surface area contributed by atoms with Gasteiger partial charge in [-0.25, -0.2) is 8.42 Å². The summed E-state index contributed by atoms with van der Waals surface area (Å²) in [6, 6.07) is 17.0. The van der Waals surface area contributed by atoms with Gasteiger partial charge in [-0.3, -0.25) is 4.79 Å². The first-order valence-electron chi connectivity index (χ1n) is 7.58. The van der Waals surface area contributed by atoms with Crippen LogP contribution in [0, 0.1) is 0 Å². The van der Waals surface area contributed by atoms with Gasteiger partial charge in [0.05, 0.1) is 9.32 Å². The molecule has 1 amide bonds.